The van der Waals surface area contributed by atoms with Crippen LogP contribution in [0, 0.1) is 31.1 Å². The number of anilines is 1. The van der Waals surface area contributed by atoms with E-state index in [-0.39, 0.29) is 19.1 Å². The maximum atomic E-state index is 13.4. The molecule has 0 fully saturated rings. The van der Waals surface area contributed by atoms with Crippen molar-refractivity contribution in [2.75, 3.05) is 17.8 Å². The monoisotopic (exact) mass is 478 g/mol. The lowest BCUT2D eigenvalue weighted by Crippen LogP contribution is -2.35. The van der Waals surface area contributed by atoms with E-state index < -0.39 is 10.8 Å². The van der Waals surface area contributed by atoms with Crippen molar-refractivity contribution >= 4 is 22.4 Å². The number of aryl methyl sites for hydroxylation is 1. The highest BCUT2D eigenvalue weighted by Gasteiger charge is 2.25. The van der Waals surface area contributed by atoms with Crippen molar-refractivity contribution in [3.63, 3.8) is 0 Å². The number of hydrogen-bond acceptors (Lipinski definition) is 5. The first kappa shape index (κ1) is 25.2. The lowest BCUT2D eigenvalue weighted by Gasteiger charge is -2.24. The first-order valence-corrected chi connectivity index (χ1v) is 12.7. The van der Waals surface area contributed by atoms with E-state index in [2.05, 4.69) is 25.0 Å². The number of rotatable bonds is 9. The van der Waals surface area contributed by atoms with Gasteiger partial charge in [-0.25, -0.2) is 0 Å². The van der Waals surface area contributed by atoms with Gasteiger partial charge in [-0.3, -0.25) is 13.7 Å². The van der Waals surface area contributed by atoms with Crippen molar-refractivity contribution in [1.82, 2.24) is 9.78 Å². The fourth-order valence-electron chi connectivity index (χ4n) is 3.83. The summed E-state index contributed by atoms with van der Waals surface area (Å²) in [6.45, 7) is 8.93. The first-order valence-electron chi connectivity index (χ1n) is 11.1. The first-order chi connectivity index (χ1) is 16.2. The summed E-state index contributed by atoms with van der Waals surface area (Å²) in [4.78, 5) is 15.6. The molecule has 0 spiro atoms. The lowest BCUT2D eigenvalue weighted by molar-refractivity contribution is -0.120. The Morgan fingerprint density at radius 2 is 1.91 bits per heavy atom. The van der Waals surface area contributed by atoms with Gasteiger partial charge in [0.1, 0.15) is 11.8 Å². The van der Waals surface area contributed by atoms with Crippen LogP contribution in [0.3, 0.4) is 0 Å². The van der Waals surface area contributed by atoms with Crippen molar-refractivity contribution in [2.45, 2.75) is 45.7 Å². The summed E-state index contributed by atoms with van der Waals surface area (Å²) in [6, 6.07) is 16.5. The molecule has 0 bridgehead atoms. The Bertz CT molecular complexity index is 1230. The van der Waals surface area contributed by atoms with Gasteiger partial charge in [-0.1, -0.05) is 38.1 Å². The smallest absolute Gasteiger partial charge is 0.265 e. The van der Waals surface area contributed by atoms with Crippen molar-refractivity contribution in [2.24, 2.45) is 5.92 Å². The third-order valence-corrected chi connectivity index (χ3v) is 6.35. The standard InChI is InChI=1S/C26H30N4O3S/c1-18(2)15-30-20(4)26(19(3)28-30)29(25(31)17-33-23-9-7-6-8-10-23)16-21-11-12-24(34(5)32)22(13-21)14-27/h6-13,18H,15-17H2,1-5H3. The lowest BCUT2D eigenvalue weighted by atomic mass is 10.1. The highest BCUT2D eigenvalue weighted by molar-refractivity contribution is 7.84. The molecule has 0 aliphatic carbocycles. The zero-order chi connectivity index (χ0) is 24.8. The van der Waals surface area contributed by atoms with E-state index in [1.807, 2.05) is 36.7 Å². The molecule has 0 radical (unpaired) electrons. The summed E-state index contributed by atoms with van der Waals surface area (Å²) in [5, 5.41) is 14.2. The zero-order valence-electron chi connectivity index (χ0n) is 20.2. The Hall–Kier alpha value is -3.44. The predicted octanol–water partition coefficient (Wildman–Crippen LogP) is 4.38. The van der Waals surface area contributed by atoms with Crippen LogP contribution < -0.4 is 9.64 Å². The Kier molecular flexibility index (Phi) is 8.24. The SMILES string of the molecule is Cc1nn(CC(C)C)c(C)c1N(Cc1ccc(S(C)=O)c(C#N)c1)C(=O)COc1ccccc1. The highest BCUT2D eigenvalue weighted by Crippen LogP contribution is 2.28. The van der Waals surface area contributed by atoms with Crippen LogP contribution in [0.15, 0.2) is 53.4 Å². The topological polar surface area (TPSA) is 88.2 Å². The van der Waals surface area contributed by atoms with Crippen LogP contribution in [0.4, 0.5) is 5.69 Å². The van der Waals surface area contributed by atoms with E-state index in [9.17, 15) is 14.3 Å². The molecule has 1 amide bonds. The third kappa shape index (κ3) is 5.91. The van der Waals surface area contributed by atoms with Crippen molar-refractivity contribution in [3.05, 3.63) is 71.0 Å². The van der Waals surface area contributed by atoms with Crippen molar-refractivity contribution in [1.29, 1.82) is 5.26 Å². The third-order valence-electron chi connectivity index (χ3n) is 5.37. The fraction of sp³-hybridized carbons (Fsp3) is 0.346. The van der Waals surface area contributed by atoms with E-state index >= 15 is 0 Å². The summed E-state index contributed by atoms with van der Waals surface area (Å²) < 4.78 is 19.6. The number of hydrogen-bond donors (Lipinski definition) is 0. The highest BCUT2D eigenvalue weighted by atomic mass is 32.2. The second kappa shape index (κ2) is 11.1. The normalized spacial score (nSPS) is 11.8. The molecule has 1 heterocycles. The number of amides is 1. The minimum atomic E-state index is -1.28. The Balaban J connectivity index is 1.97. The number of carbonyl (C=O) groups excluding carboxylic acids is 1. The van der Waals surface area contributed by atoms with Gasteiger partial charge in [0.15, 0.2) is 6.61 Å². The summed E-state index contributed by atoms with van der Waals surface area (Å²) in [5.41, 5.74) is 3.48. The molecule has 2 aromatic carbocycles. The molecule has 34 heavy (non-hydrogen) atoms. The van der Waals surface area contributed by atoms with Crippen LogP contribution in [0.1, 0.15) is 36.4 Å². The molecule has 0 saturated heterocycles. The van der Waals surface area contributed by atoms with Crippen LogP contribution in [0.2, 0.25) is 0 Å². The van der Waals surface area contributed by atoms with Crippen LogP contribution in [0.5, 0.6) is 5.75 Å². The molecule has 8 heteroatoms. The molecule has 0 saturated carbocycles. The second-order valence-corrected chi connectivity index (χ2v) is 9.92. The van der Waals surface area contributed by atoms with Crippen LogP contribution in [-0.4, -0.2) is 32.8 Å². The number of nitrogens with zero attached hydrogens (tertiary/aromatic N) is 4. The number of benzene rings is 2. The molecule has 1 aromatic heterocycles. The molecule has 0 aliphatic rings. The Labute approximate surface area is 203 Å². The molecular weight excluding hydrogens is 448 g/mol. The molecule has 1 atom stereocenters. The van der Waals surface area contributed by atoms with Crippen molar-refractivity contribution in [3.8, 4) is 11.8 Å². The number of para-hydroxylation sites is 1. The maximum Gasteiger partial charge on any atom is 0.265 e. The summed E-state index contributed by atoms with van der Waals surface area (Å²) >= 11 is 0. The number of nitriles is 1. The largest absolute Gasteiger partial charge is 0.484 e. The van der Waals surface area contributed by atoms with Gasteiger partial charge < -0.3 is 9.64 Å². The summed E-state index contributed by atoms with van der Waals surface area (Å²) in [5.74, 6) is 0.791. The number of aromatic nitrogens is 2. The van der Waals surface area contributed by atoms with Crippen molar-refractivity contribution < 1.29 is 13.7 Å². The quantitative estimate of drug-likeness (QED) is 0.455. The zero-order valence-corrected chi connectivity index (χ0v) is 21.1. The molecule has 3 rings (SSSR count). The molecule has 7 nitrogen and oxygen atoms in total. The van der Waals surface area contributed by atoms with Crippen LogP contribution in [-0.2, 0) is 28.7 Å². The predicted molar refractivity (Wildman–Crippen MR) is 133 cm³/mol. The molecule has 3 aromatic rings. The summed E-state index contributed by atoms with van der Waals surface area (Å²) in [7, 11) is -1.28. The minimum Gasteiger partial charge on any atom is -0.484 e. The van der Waals surface area contributed by atoms with Gasteiger partial charge in [-0.2, -0.15) is 10.4 Å². The van der Waals surface area contributed by atoms with E-state index in [1.54, 1.807) is 41.5 Å². The second-order valence-electron chi connectivity index (χ2n) is 8.57. The van der Waals surface area contributed by atoms with Gasteiger partial charge in [-0.05, 0) is 49.6 Å². The van der Waals surface area contributed by atoms with Gasteiger partial charge in [0, 0.05) is 12.8 Å². The van der Waals surface area contributed by atoms with Gasteiger partial charge >= 0.3 is 0 Å². The van der Waals surface area contributed by atoms with Gasteiger partial charge in [0.2, 0.25) is 0 Å². The van der Waals surface area contributed by atoms with Gasteiger partial charge in [0.25, 0.3) is 5.91 Å². The molecule has 1 unspecified atom stereocenters. The summed E-state index contributed by atoms with van der Waals surface area (Å²) in [6.07, 6.45) is 1.54. The molecule has 178 valence electrons. The Morgan fingerprint density at radius 1 is 1.21 bits per heavy atom. The maximum absolute atomic E-state index is 13.4. The number of carbonyl (C=O) groups is 1. The fourth-order valence-corrected chi connectivity index (χ4v) is 4.50. The van der Waals surface area contributed by atoms with E-state index in [0.29, 0.717) is 22.1 Å². The van der Waals surface area contributed by atoms with E-state index in [0.717, 1.165) is 29.2 Å². The van der Waals surface area contributed by atoms with Gasteiger partial charge in [-0.15, -0.1) is 0 Å². The van der Waals surface area contributed by atoms with Crippen LogP contribution in [0.25, 0.3) is 0 Å². The van der Waals surface area contributed by atoms with Crippen LogP contribution >= 0.6 is 0 Å². The molecular formula is C26H30N4O3S. The minimum absolute atomic E-state index is 0.138. The average molecular weight is 479 g/mol. The molecule has 0 N–H and O–H groups in total. The average Bonchev–Trinajstić information content (AvgIpc) is 3.08. The number of ether oxygens (including phenoxy) is 1. The Morgan fingerprint density at radius 3 is 2.53 bits per heavy atom. The van der Waals surface area contributed by atoms with E-state index in [4.69, 9.17) is 4.74 Å². The van der Waals surface area contributed by atoms with E-state index in [1.165, 1.54) is 0 Å². The molecule has 0 aliphatic heterocycles. The van der Waals surface area contributed by atoms with Gasteiger partial charge in [0.05, 0.1) is 44.9 Å².